The largest absolute Gasteiger partial charge is 0.368 e. The molecule has 1 aliphatic rings. The van der Waals surface area contributed by atoms with Crippen LogP contribution in [0.4, 0.5) is 0 Å². The number of rotatable bonds is 3. The summed E-state index contributed by atoms with van der Waals surface area (Å²) in [5.74, 6) is 0.588. The van der Waals surface area contributed by atoms with Crippen LogP contribution in [0.15, 0.2) is 0 Å². The molecule has 0 aliphatic carbocycles. The van der Waals surface area contributed by atoms with E-state index in [9.17, 15) is 0 Å². The van der Waals surface area contributed by atoms with Crippen LogP contribution in [0, 0.1) is 5.92 Å². The second-order valence-corrected chi connectivity index (χ2v) is 3.43. The van der Waals surface area contributed by atoms with Crippen molar-refractivity contribution in [3.05, 3.63) is 0 Å². The van der Waals surface area contributed by atoms with Crippen molar-refractivity contribution < 1.29 is 9.84 Å². The third kappa shape index (κ3) is 2.46. The molecule has 1 heterocycles. The summed E-state index contributed by atoms with van der Waals surface area (Å²) < 4.78 is 5.23. The highest BCUT2D eigenvalue weighted by Gasteiger charge is 2.29. The van der Waals surface area contributed by atoms with Crippen molar-refractivity contribution in [1.29, 1.82) is 0 Å². The monoisotopic (exact) mass is 158 g/mol. The Balaban J connectivity index is 2.23. The zero-order valence-electron chi connectivity index (χ0n) is 7.42. The minimum absolute atomic E-state index is 0.261. The number of unbranched alkanes of at least 4 members (excludes halogenated alkanes) is 1. The van der Waals surface area contributed by atoms with Crippen LogP contribution in [0.5, 0.6) is 0 Å². The van der Waals surface area contributed by atoms with Gasteiger partial charge in [0.05, 0.1) is 6.10 Å². The highest BCUT2D eigenvalue weighted by atomic mass is 16.6. The standard InChI is InChI=1S/C9H18O2/c1-3-4-5-8-6-9(10)11-7(8)2/h7-10H,3-6H2,1-2H3/t7-,8?,9?/m0/s1. The Morgan fingerprint density at radius 3 is 2.73 bits per heavy atom. The SMILES string of the molecule is CCCCC1CC(O)O[C@H]1C. The van der Waals surface area contributed by atoms with Crippen LogP contribution in [0.3, 0.4) is 0 Å². The van der Waals surface area contributed by atoms with Gasteiger partial charge in [-0.1, -0.05) is 19.8 Å². The highest BCUT2D eigenvalue weighted by Crippen LogP contribution is 2.28. The molecule has 2 unspecified atom stereocenters. The van der Waals surface area contributed by atoms with Crippen molar-refractivity contribution in [3.8, 4) is 0 Å². The summed E-state index contributed by atoms with van der Waals surface area (Å²) in [7, 11) is 0. The second kappa shape index (κ2) is 4.07. The van der Waals surface area contributed by atoms with Gasteiger partial charge < -0.3 is 9.84 Å². The quantitative estimate of drug-likeness (QED) is 0.680. The first-order chi connectivity index (χ1) is 5.24. The molecule has 0 aromatic carbocycles. The molecular weight excluding hydrogens is 140 g/mol. The van der Waals surface area contributed by atoms with Gasteiger partial charge in [0, 0.05) is 6.42 Å². The zero-order chi connectivity index (χ0) is 8.27. The van der Waals surface area contributed by atoms with Gasteiger partial charge in [-0.15, -0.1) is 0 Å². The van der Waals surface area contributed by atoms with Crippen molar-refractivity contribution >= 4 is 0 Å². The van der Waals surface area contributed by atoms with Gasteiger partial charge in [-0.25, -0.2) is 0 Å². The van der Waals surface area contributed by atoms with Crippen molar-refractivity contribution in [3.63, 3.8) is 0 Å². The van der Waals surface area contributed by atoms with E-state index in [0.29, 0.717) is 5.92 Å². The lowest BCUT2D eigenvalue weighted by molar-refractivity contribution is -0.0866. The predicted octanol–water partition coefficient (Wildman–Crippen LogP) is 1.92. The van der Waals surface area contributed by atoms with E-state index in [2.05, 4.69) is 13.8 Å². The molecule has 0 radical (unpaired) electrons. The van der Waals surface area contributed by atoms with Gasteiger partial charge in [-0.2, -0.15) is 0 Å². The smallest absolute Gasteiger partial charge is 0.155 e. The Kier molecular flexibility index (Phi) is 3.34. The Bertz CT molecular complexity index is 114. The number of aliphatic hydroxyl groups excluding tert-OH is 1. The van der Waals surface area contributed by atoms with Gasteiger partial charge >= 0.3 is 0 Å². The minimum Gasteiger partial charge on any atom is -0.368 e. The van der Waals surface area contributed by atoms with E-state index in [1.807, 2.05) is 0 Å². The number of hydrogen-bond donors (Lipinski definition) is 1. The molecule has 1 N–H and O–H groups in total. The summed E-state index contributed by atoms with van der Waals surface area (Å²) in [5, 5.41) is 9.15. The fourth-order valence-corrected chi connectivity index (χ4v) is 1.68. The lowest BCUT2D eigenvalue weighted by Gasteiger charge is -2.11. The Morgan fingerprint density at radius 2 is 2.27 bits per heavy atom. The zero-order valence-corrected chi connectivity index (χ0v) is 7.42. The topological polar surface area (TPSA) is 29.5 Å². The average Bonchev–Trinajstić information content (AvgIpc) is 2.26. The maximum absolute atomic E-state index is 9.15. The number of ether oxygens (including phenoxy) is 1. The fraction of sp³-hybridized carbons (Fsp3) is 1.00. The van der Waals surface area contributed by atoms with Gasteiger partial charge in [0.15, 0.2) is 6.29 Å². The summed E-state index contributed by atoms with van der Waals surface area (Å²) in [4.78, 5) is 0. The maximum Gasteiger partial charge on any atom is 0.155 e. The van der Waals surface area contributed by atoms with Crippen LogP contribution in [0.1, 0.15) is 39.5 Å². The molecule has 1 fully saturated rings. The lowest BCUT2D eigenvalue weighted by Crippen LogP contribution is -2.11. The Labute approximate surface area is 68.6 Å². The van der Waals surface area contributed by atoms with Crippen LogP contribution in [0.25, 0.3) is 0 Å². The average molecular weight is 158 g/mol. The summed E-state index contributed by atoms with van der Waals surface area (Å²) in [6.07, 6.45) is 4.30. The molecule has 1 aliphatic heterocycles. The van der Waals surface area contributed by atoms with Gasteiger partial charge in [-0.3, -0.25) is 0 Å². The van der Waals surface area contributed by atoms with E-state index < -0.39 is 6.29 Å². The molecule has 3 atom stereocenters. The lowest BCUT2D eigenvalue weighted by atomic mass is 9.96. The number of aliphatic hydroxyl groups is 1. The van der Waals surface area contributed by atoms with Crippen LogP contribution in [0.2, 0.25) is 0 Å². The maximum atomic E-state index is 9.15. The van der Waals surface area contributed by atoms with E-state index in [0.717, 1.165) is 6.42 Å². The van der Waals surface area contributed by atoms with Crippen LogP contribution in [-0.4, -0.2) is 17.5 Å². The molecule has 1 saturated heterocycles. The molecular formula is C9H18O2. The molecule has 1 rings (SSSR count). The van der Waals surface area contributed by atoms with Crippen LogP contribution >= 0.6 is 0 Å². The molecule has 0 saturated carbocycles. The molecule has 0 spiro atoms. The van der Waals surface area contributed by atoms with Gasteiger partial charge in [0.1, 0.15) is 0 Å². The summed E-state index contributed by atoms with van der Waals surface area (Å²) >= 11 is 0. The summed E-state index contributed by atoms with van der Waals surface area (Å²) in [6, 6.07) is 0. The van der Waals surface area contributed by atoms with Crippen molar-refractivity contribution in [2.75, 3.05) is 0 Å². The molecule has 0 amide bonds. The second-order valence-electron chi connectivity index (χ2n) is 3.43. The van der Waals surface area contributed by atoms with E-state index in [1.165, 1.54) is 19.3 Å². The molecule has 2 heteroatoms. The Hall–Kier alpha value is -0.0800. The molecule has 2 nitrogen and oxygen atoms in total. The van der Waals surface area contributed by atoms with Gasteiger partial charge in [-0.05, 0) is 19.3 Å². The first kappa shape index (κ1) is 9.01. The minimum atomic E-state index is -0.494. The van der Waals surface area contributed by atoms with Crippen LogP contribution in [-0.2, 0) is 4.74 Å². The first-order valence-electron chi connectivity index (χ1n) is 4.57. The third-order valence-electron chi connectivity index (χ3n) is 2.47. The summed E-state index contributed by atoms with van der Waals surface area (Å²) in [6.45, 7) is 4.24. The van der Waals surface area contributed by atoms with Crippen molar-refractivity contribution in [1.82, 2.24) is 0 Å². The highest BCUT2D eigenvalue weighted by molar-refractivity contribution is 4.74. The van der Waals surface area contributed by atoms with E-state index in [-0.39, 0.29) is 6.10 Å². The molecule has 66 valence electrons. The van der Waals surface area contributed by atoms with Crippen molar-refractivity contribution in [2.24, 2.45) is 5.92 Å². The third-order valence-corrected chi connectivity index (χ3v) is 2.47. The first-order valence-corrected chi connectivity index (χ1v) is 4.57. The van der Waals surface area contributed by atoms with E-state index in [4.69, 9.17) is 9.84 Å². The van der Waals surface area contributed by atoms with E-state index in [1.54, 1.807) is 0 Å². The van der Waals surface area contributed by atoms with Crippen molar-refractivity contribution in [2.45, 2.75) is 51.9 Å². The molecule has 11 heavy (non-hydrogen) atoms. The van der Waals surface area contributed by atoms with Gasteiger partial charge in [0.25, 0.3) is 0 Å². The van der Waals surface area contributed by atoms with E-state index >= 15 is 0 Å². The van der Waals surface area contributed by atoms with Gasteiger partial charge in [0.2, 0.25) is 0 Å². The normalized spacial score (nSPS) is 37.9. The molecule has 0 bridgehead atoms. The Morgan fingerprint density at radius 1 is 1.55 bits per heavy atom. The summed E-state index contributed by atoms with van der Waals surface area (Å²) in [5.41, 5.74) is 0. The number of hydrogen-bond acceptors (Lipinski definition) is 2. The molecule has 0 aromatic heterocycles. The fourth-order valence-electron chi connectivity index (χ4n) is 1.68. The van der Waals surface area contributed by atoms with Crippen LogP contribution < -0.4 is 0 Å². The molecule has 0 aromatic rings. The predicted molar refractivity (Wildman–Crippen MR) is 44.2 cm³/mol.